The van der Waals surface area contributed by atoms with Gasteiger partial charge in [-0.1, -0.05) is 27.5 Å². The maximum Gasteiger partial charge on any atom is 0.255 e. The number of nitrogens with one attached hydrogen (secondary N) is 1. The molecule has 0 unspecified atom stereocenters. The van der Waals surface area contributed by atoms with Crippen LogP contribution in [0, 0.1) is 5.82 Å². The molecule has 1 amide bonds. The molecule has 0 saturated heterocycles. The third-order valence-electron chi connectivity index (χ3n) is 2.36. The zero-order valence-corrected chi connectivity index (χ0v) is 13.3. The highest BCUT2D eigenvalue weighted by atomic mass is 79.9. The van der Waals surface area contributed by atoms with Gasteiger partial charge in [-0.15, -0.1) is 0 Å². The van der Waals surface area contributed by atoms with Crippen molar-refractivity contribution in [1.29, 1.82) is 0 Å². The highest BCUT2D eigenvalue weighted by molar-refractivity contribution is 9.10. The summed E-state index contributed by atoms with van der Waals surface area (Å²) >= 11 is 12.3. The molecule has 98 valence electrons. The molecule has 0 aromatic heterocycles. The molecular weight excluding hydrogens is 400 g/mol. The molecule has 0 spiro atoms. The Morgan fingerprint density at radius 3 is 2.53 bits per heavy atom. The molecule has 2 rings (SSSR count). The second-order valence-electron chi connectivity index (χ2n) is 3.71. The van der Waals surface area contributed by atoms with E-state index in [0.29, 0.717) is 16.3 Å². The monoisotopic (exact) mass is 405 g/mol. The lowest BCUT2D eigenvalue weighted by Gasteiger charge is -2.08. The number of carbonyl (C=O) groups excluding carboxylic acids is 1. The Hall–Kier alpha value is -0.910. The lowest BCUT2D eigenvalue weighted by molar-refractivity contribution is 0.102. The molecule has 0 heterocycles. The molecule has 0 bridgehead atoms. The van der Waals surface area contributed by atoms with Gasteiger partial charge in [-0.2, -0.15) is 0 Å². The molecule has 0 radical (unpaired) electrons. The average Bonchev–Trinajstić information content (AvgIpc) is 2.36. The van der Waals surface area contributed by atoms with Crippen LogP contribution >= 0.6 is 43.5 Å². The largest absolute Gasteiger partial charge is 0.321 e. The third-order valence-corrected chi connectivity index (χ3v) is 3.77. The van der Waals surface area contributed by atoms with Gasteiger partial charge in [0.15, 0.2) is 0 Å². The standard InChI is InChI=1S/C13H7Br2ClFNO/c14-8-2-4-12(10(16)6-8)18-13(19)7-1-3-11(17)9(15)5-7/h1-6H,(H,18,19). The molecule has 0 aliphatic carbocycles. The van der Waals surface area contributed by atoms with E-state index in [0.717, 1.165) is 4.47 Å². The van der Waals surface area contributed by atoms with Crippen molar-refractivity contribution in [2.75, 3.05) is 5.32 Å². The number of amides is 1. The van der Waals surface area contributed by atoms with Crippen molar-refractivity contribution >= 4 is 55.1 Å². The van der Waals surface area contributed by atoms with Crippen LogP contribution in [0.4, 0.5) is 10.1 Å². The van der Waals surface area contributed by atoms with Crippen LogP contribution in [0.25, 0.3) is 0 Å². The first-order chi connectivity index (χ1) is 8.97. The number of anilines is 1. The Kier molecular flexibility index (Phi) is 4.60. The molecule has 2 aromatic rings. The first kappa shape index (κ1) is 14.5. The molecule has 2 aromatic carbocycles. The summed E-state index contributed by atoms with van der Waals surface area (Å²) in [6.07, 6.45) is 0. The lowest BCUT2D eigenvalue weighted by atomic mass is 10.2. The van der Waals surface area contributed by atoms with E-state index >= 15 is 0 Å². The predicted octanol–water partition coefficient (Wildman–Crippen LogP) is 5.26. The minimum Gasteiger partial charge on any atom is -0.321 e. The highest BCUT2D eigenvalue weighted by Crippen LogP contribution is 2.26. The second-order valence-corrected chi connectivity index (χ2v) is 5.88. The van der Waals surface area contributed by atoms with Crippen molar-refractivity contribution in [3.63, 3.8) is 0 Å². The zero-order valence-electron chi connectivity index (χ0n) is 9.38. The fourth-order valence-corrected chi connectivity index (χ4v) is 2.52. The Bertz CT molecular complexity index is 649. The first-order valence-electron chi connectivity index (χ1n) is 5.19. The minimum absolute atomic E-state index is 0.238. The van der Waals surface area contributed by atoms with Crippen LogP contribution in [-0.2, 0) is 0 Å². The maximum atomic E-state index is 13.1. The molecule has 0 fully saturated rings. The van der Waals surface area contributed by atoms with Gasteiger partial charge in [0.2, 0.25) is 0 Å². The smallest absolute Gasteiger partial charge is 0.255 e. The van der Waals surface area contributed by atoms with Gasteiger partial charge in [-0.25, -0.2) is 4.39 Å². The highest BCUT2D eigenvalue weighted by Gasteiger charge is 2.10. The summed E-state index contributed by atoms with van der Waals surface area (Å²) in [7, 11) is 0. The molecule has 1 N–H and O–H groups in total. The molecule has 19 heavy (non-hydrogen) atoms. The number of rotatable bonds is 2. The van der Waals surface area contributed by atoms with Crippen molar-refractivity contribution in [3.8, 4) is 0 Å². The SMILES string of the molecule is O=C(Nc1ccc(Br)cc1Cl)c1ccc(F)c(Br)c1. The number of hydrogen-bond donors (Lipinski definition) is 1. The van der Waals surface area contributed by atoms with Crippen LogP contribution in [0.1, 0.15) is 10.4 Å². The predicted molar refractivity (Wildman–Crippen MR) is 81.2 cm³/mol. The first-order valence-corrected chi connectivity index (χ1v) is 7.15. The van der Waals surface area contributed by atoms with Crippen LogP contribution in [0.3, 0.4) is 0 Å². The quantitative estimate of drug-likeness (QED) is 0.723. The summed E-state index contributed by atoms with van der Waals surface area (Å²) in [5.74, 6) is -0.775. The Morgan fingerprint density at radius 1 is 1.16 bits per heavy atom. The maximum absolute atomic E-state index is 13.1. The van der Waals surface area contributed by atoms with Crippen LogP contribution in [0.2, 0.25) is 5.02 Å². The Morgan fingerprint density at radius 2 is 1.89 bits per heavy atom. The summed E-state index contributed by atoms with van der Waals surface area (Å²) in [6, 6.07) is 9.17. The van der Waals surface area contributed by atoms with Crippen LogP contribution in [-0.4, -0.2) is 5.91 Å². The minimum atomic E-state index is -0.418. The fraction of sp³-hybridized carbons (Fsp3) is 0. The summed E-state index contributed by atoms with van der Waals surface area (Å²) in [5, 5.41) is 3.09. The van der Waals surface area contributed by atoms with Gasteiger partial charge in [0, 0.05) is 10.0 Å². The zero-order chi connectivity index (χ0) is 14.0. The fourth-order valence-electron chi connectivity index (χ4n) is 1.42. The molecule has 0 aliphatic heterocycles. The number of benzene rings is 2. The van der Waals surface area contributed by atoms with Crippen molar-refractivity contribution in [3.05, 3.63) is 61.7 Å². The van der Waals surface area contributed by atoms with E-state index < -0.39 is 5.82 Å². The molecule has 0 atom stereocenters. The third kappa shape index (κ3) is 3.55. The van der Waals surface area contributed by atoms with E-state index in [1.807, 2.05) is 0 Å². The topological polar surface area (TPSA) is 29.1 Å². The van der Waals surface area contributed by atoms with Gasteiger partial charge in [-0.05, 0) is 52.3 Å². The summed E-state index contributed by atoms with van der Waals surface area (Å²) in [5.41, 5.74) is 0.836. The summed E-state index contributed by atoms with van der Waals surface area (Å²) in [4.78, 5) is 12.0. The van der Waals surface area contributed by atoms with Crippen molar-refractivity contribution < 1.29 is 9.18 Å². The van der Waals surface area contributed by atoms with Gasteiger partial charge >= 0.3 is 0 Å². The normalized spacial score (nSPS) is 10.3. The van der Waals surface area contributed by atoms with E-state index in [9.17, 15) is 9.18 Å². The lowest BCUT2D eigenvalue weighted by Crippen LogP contribution is -2.12. The van der Waals surface area contributed by atoms with E-state index in [4.69, 9.17) is 11.6 Å². The molecule has 6 heteroatoms. The van der Waals surface area contributed by atoms with Gasteiger partial charge in [-0.3, -0.25) is 4.79 Å². The van der Waals surface area contributed by atoms with Gasteiger partial charge in [0.05, 0.1) is 15.2 Å². The number of halogens is 4. The summed E-state index contributed by atoms with van der Waals surface area (Å²) in [6.45, 7) is 0. The van der Waals surface area contributed by atoms with Gasteiger partial charge in [0.25, 0.3) is 5.91 Å². The Labute approximate surface area is 131 Å². The van der Waals surface area contributed by atoms with E-state index in [2.05, 4.69) is 37.2 Å². The molecular formula is C13H7Br2ClFNO. The van der Waals surface area contributed by atoms with Gasteiger partial charge in [0.1, 0.15) is 5.82 Å². The van der Waals surface area contributed by atoms with Crippen molar-refractivity contribution in [1.82, 2.24) is 0 Å². The summed E-state index contributed by atoms with van der Waals surface area (Å²) < 4.78 is 14.2. The number of carbonyl (C=O) groups is 1. The van der Waals surface area contributed by atoms with Crippen LogP contribution < -0.4 is 5.32 Å². The van der Waals surface area contributed by atoms with Crippen molar-refractivity contribution in [2.45, 2.75) is 0 Å². The van der Waals surface area contributed by atoms with Crippen molar-refractivity contribution in [2.24, 2.45) is 0 Å². The molecule has 0 saturated carbocycles. The average molecular weight is 407 g/mol. The van der Waals surface area contributed by atoms with E-state index in [1.54, 1.807) is 18.2 Å². The molecule has 0 aliphatic rings. The Balaban J connectivity index is 2.23. The van der Waals surface area contributed by atoms with Crippen LogP contribution in [0.5, 0.6) is 0 Å². The van der Waals surface area contributed by atoms with E-state index in [-0.39, 0.29) is 10.4 Å². The second kappa shape index (κ2) is 6.03. The van der Waals surface area contributed by atoms with Crippen LogP contribution in [0.15, 0.2) is 45.3 Å². The van der Waals surface area contributed by atoms with Gasteiger partial charge < -0.3 is 5.32 Å². The number of hydrogen-bond acceptors (Lipinski definition) is 1. The molecule has 2 nitrogen and oxygen atoms in total. The van der Waals surface area contributed by atoms with E-state index in [1.165, 1.54) is 18.2 Å².